The lowest BCUT2D eigenvalue weighted by atomic mass is 10.1. The van der Waals surface area contributed by atoms with Crippen LogP contribution < -0.4 is 9.64 Å². The van der Waals surface area contributed by atoms with Crippen LogP contribution >= 0.6 is 23.2 Å². The number of nitrogens with zero attached hydrogens (tertiary/aromatic N) is 1. The van der Waals surface area contributed by atoms with Gasteiger partial charge < -0.3 is 19.1 Å². The van der Waals surface area contributed by atoms with Crippen molar-refractivity contribution in [3.05, 3.63) is 57.9 Å². The molecule has 0 atom stereocenters. The molecule has 2 rings (SSSR count). The van der Waals surface area contributed by atoms with Crippen LogP contribution in [0.5, 0.6) is 5.75 Å². The SMILES string of the molecule is COC(=O)C1=C(C(=O)OC)N(c2cc(Cl)c(OC)cc2Cl)C=CC=C1. The number of allylic oxidation sites excluding steroid dienone is 2. The molecule has 132 valence electrons. The fourth-order valence-electron chi connectivity index (χ4n) is 2.21. The highest BCUT2D eigenvalue weighted by Crippen LogP contribution is 2.38. The molecule has 1 aromatic rings. The zero-order chi connectivity index (χ0) is 18.6. The molecule has 0 fully saturated rings. The Morgan fingerprint density at radius 3 is 2.24 bits per heavy atom. The Hall–Kier alpha value is -2.44. The number of carbonyl (C=O) groups is 2. The second kappa shape index (κ2) is 8.09. The first-order valence-electron chi connectivity index (χ1n) is 7.02. The number of esters is 2. The summed E-state index contributed by atoms with van der Waals surface area (Å²) in [7, 11) is 3.89. The third-order valence-electron chi connectivity index (χ3n) is 3.37. The van der Waals surface area contributed by atoms with Gasteiger partial charge in [-0.2, -0.15) is 0 Å². The molecule has 8 heteroatoms. The molecule has 1 aromatic carbocycles. The smallest absolute Gasteiger partial charge is 0.355 e. The summed E-state index contributed by atoms with van der Waals surface area (Å²) in [6, 6.07) is 3.04. The highest BCUT2D eigenvalue weighted by molar-refractivity contribution is 6.36. The second-order valence-corrected chi connectivity index (χ2v) is 5.57. The molecule has 0 aromatic heterocycles. The van der Waals surface area contributed by atoms with E-state index in [2.05, 4.69) is 0 Å². The zero-order valence-electron chi connectivity index (χ0n) is 13.7. The molecule has 1 heterocycles. The largest absolute Gasteiger partial charge is 0.495 e. The maximum atomic E-state index is 12.4. The van der Waals surface area contributed by atoms with Crippen LogP contribution in [0.15, 0.2) is 47.8 Å². The summed E-state index contributed by atoms with van der Waals surface area (Å²) in [5, 5.41) is 0.551. The van der Waals surface area contributed by atoms with Crippen LogP contribution in [-0.2, 0) is 19.1 Å². The highest BCUT2D eigenvalue weighted by atomic mass is 35.5. The van der Waals surface area contributed by atoms with Crippen molar-refractivity contribution in [3.63, 3.8) is 0 Å². The third kappa shape index (κ3) is 3.81. The van der Waals surface area contributed by atoms with Gasteiger partial charge in [0, 0.05) is 12.3 Å². The van der Waals surface area contributed by atoms with Gasteiger partial charge in [-0.25, -0.2) is 9.59 Å². The Labute approximate surface area is 154 Å². The molecule has 6 nitrogen and oxygen atoms in total. The van der Waals surface area contributed by atoms with Crippen LogP contribution in [0, 0.1) is 0 Å². The van der Waals surface area contributed by atoms with Gasteiger partial charge in [0.25, 0.3) is 0 Å². The first-order valence-corrected chi connectivity index (χ1v) is 7.78. The monoisotopic (exact) mass is 383 g/mol. The number of hydrogen-bond donors (Lipinski definition) is 0. The Morgan fingerprint density at radius 1 is 0.960 bits per heavy atom. The first-order chi connectivity index (χ1) is 11.9. The molecular weight excluding hydrogens is 369 g/mol. The number of carbonyl (C=O) groups excluding carboxylic acids is 2. The second-order valence-electron chi connectivity index (χ2n) is 4.75. The lowest BCUT2D eigenvalue weighted by Crippen LogP contribution is -2.27. The summed E-state index contributed by atoms with van der Waals surface area (Å²) in [4.78, 5) is 25.9. The molecule has 1 aliphatic rings. The summed E-state index contributed by atoms with van der Waals surface area (Å²) in [5.74, 6) is -1.05. The molecule has 0 amide bonds. The number of anilines is 1. The van der Waals surface area contributed by atoms with Crippen molar-refractivity contribution in [2.24, 2.45) is 0 Å². The summed E-state index contributed by atoms with van der Waals surface area (Å²) < 4.78 is 14.7. The van der Waals surface area contributed by atoms with E-state index < -0.39 is 11.9 Å². The van der Waals surface area contributed by atoms with Crippen LogP contribution in [0.1, 0.15) is 0 Å². The maximum absolute atomic E-state index is 12.4. The first kappa shape index (κ1) is 18.9. The Bertz CT molecular complexity index is 798. The van der Waals surface area contributed by atoms with Crippen molar-refractivity contribution in [1.29, 1.82) is 0 Å². The topological polar surface area (TPSA) is 65.1 Å². The van der Waals surface area contributed by atoms with Crippen LogP contribution in [0.25, 0.3) is 0 Å². The number of methoxy groups -OCH3 is 3. The predicted octanol–water partition coefficient (Wildman–Crippen LogP) is 3.49. The van der Waals surface area contributed by atoms with Gasteiger partial charge in [0.15, 0.2) is 0 Å². The van der Waals surface area contributed by atoms with E-state index in [1.807, 2.05) is 0 Å². The van der Waals surface area contributed by atoms with Gasteiger partial charge in [-0.05, 0) is 18.2 Å². The van der Waals surface area contributed by atoms with Gasteiger partial charge in [0.1, 0.15) is 11.4 Å². The molecule has 0 aliphatic carbocycles. The number of hydrogen-bond acceptors (Lipinski definition) is 6. The van der Waals surface area contributed by atoms with E-state index in [-0.39, 0.29) is 21.3 Å². The number of benzene rings is 1. The van der Waals surface area contributed by atoms with E-state index in [0.717, 1.165) is 0 Å². The third-order valence-corrected chi connectivity index (χ3v) is 3.97. The van der Waals surface area contributed by atoms with Crippen LogP contribution in [-0.4, -0.2) is 33.3 Å². The van der Waals surface area contributed by atoms with Crippen molar-refractivity contribution < 1.29 is 23.8 Å². The Morgan fingerprint density at radius 2 is 1.64 bits per heavy atom. The van der Waals surface area contributed by atoms with E-state index in [0.29, 0.717) is 11.4 Å². The van der Waals surface area contributed by atoms with Gasteiger partial charge in [-0.3, -0.25) is 0 Å². The van der Waals surface area contributed by atoms with Gasteiger partial charge >= 0.3 is 11.9 Å². The van der Waals surface area contributed by atoms with Gasteiger partial charge in [0.05, 0.1) is 42.6 Å². The van der Waals surface area contributed by atoms with Crippen molar-refractivity contribution in [3.8, 4) is 5.75 Å². The molecule has 0 bridgehead atoms. The predicted molar refractivity (Wildman–Crippen MR) is 94.8 cm³/mol. The van der Waals surface area contributed by atoms with E-state index >= 15 is 0 Å². The minimum Gasteiger partial charge on any atom is -0.495 e. The Kier molecular flexibility index (Phi) is 6.12. The number of halogens is 2. The molecule has 0 radical (unpaired) electrons. The number of rotatable bonds is 4. The molecule has 0 saturated heterocycles. The number of ether oxygens (including phenoxy) is 3. The normalized spacial score (nSPS) is 13.6. The molecule has 25 heavy (non-hydrogen) atoms. The van der Waals surface area contributed by atoms with E-state index in [1.165, 1.54) is 44.4 Å². The fraction of sp³-hybridized carbons (Fsp3) is 0.176. The average molecular weight is 384 g/mol. The minimum absolute atomic E-state index is 0.0161. The maximum Gasteiger partial charge on any atom is 0.355 e. The van der Waals surface area contributed by atoms with E-state index in [4.69, 9.17) is 37.4 Å². The van der Waals surface area contributed by atoms with Crippen LogP contribution in [0.3, 0.4) is 0 Å². The average Bonchev–Trinajstić information content (AvgIpc) is 2.84. The van der Waals surface area contributed by atoms with Crippen LogP contribution in [0.4, 0.5) is 5.69 Å². The van der Waals surface area contributed by atoms with Crippen molar-refractivity contribution >= 4 is 40.8 Å². The quantitative estimate of drug-likeness (QED) is 0.741. The summed E-state index contributed by atoms with van der Waals surface area (Å²) in [5.41, 5.74) is 0.332. The summed E-state index contributed by atoms with van der Waals surface area (Å²) >= 11 is 12.5. The molecule has 1 aliphatic heterocycles. The summed E-state index contributed by atoms with van der Waals surface area (Å²) in [6.45, 7) is 0. The molecule has 0 N–H and O–H groups in total. The minimum atomic E-state index is -0.736. The lowest BCUT2D eigenvalue weighted by molar-refractivity contribution is -0.139. The van der Waals surface area contributed by atoms with Gasteiger partial charge in [-0.1, -0.05) is 29.3 Å². The molecule has 0 spiro atoms. The lowest BCUT2D eigenvalue weighted by Gasteiger charge is -2.24. The van der Waals surface area contributed by atoms with Crippen molar-refractivity contribution in [2.75, 3.05) is 26.2 Å². The summed E-state index contributed by atoms with van der Waals surface area (Å²) in [6.07, 6.45) is 6.23. The van der Waals surface area contributed by atoms with Crippen molar-refractivity contribution in [2.45, 2.75) is 0 Å². The van der Waals surface area contributed by atoms with Gasteiger partial charge in [-0.15, -0.1) is 0 Å². The van der Waals surface area contributed by atoms with Gasteiger partial charge in [0.2, 0.25) is 0 Å². The standard InChI is InChI=1S/C17H15Cl2NO5/c1-23-14-9-11(18)13(8-12(14)19)20-7-5-4-6-10(16(21)24-2)15(20)17(22)25-3/h4-9H,1-3H3. The van der Waals surface area contributed by atoms with Crippen molar-refractivity contribution in [1.82, 2.24) is 0 Å². The molecular formula is C17H15Cl2NO5. The van der Waals surface area contributed by atoms with E-state index in [1.54, 1.807) is 18.4 Å². The molecule has 0 unspecified atom stereocenters. The van der Waals surface area contributed by atoms with E-state index in [9.17, 15) is 9.59 Å². The highest BCUT2D eigenvalue weighted by Gasteiger charge is 2.29. The van der Waals surface area contributed by atoms with Crippen LogP contribution in [0.2, 0.25) is 10.0 Å². The zero-order valence-corrected chi connectivity index (χ0v) is 15.2. The fourth-order valence-corrected chi connectivity index (χ4v) is 2.69. The Balaban J connectivity index is 2.71. The molecule has 0 saturated carbocycles.